The van der Waals surface area contributed by atoms with Crippen LogP contribution in [0.25, 0.3) is 11.0 Å². The topological polar surface area (TPSA) is 64.5 Å². The molecule has 1 heterocycles. The summed E-state index contributed by atoms with van der Waals surface area (Å²) >= 11 is 0. The maximum absolute atomic E-state index is 8.78. The van der Waals surface area contributed by atoms with Gasteiger partial charge in [-0.15, -0.1) is 0 Å². The minimum atomic E-state index is 0.645. The Morgan fingerprint density at radius 2 is 1.90 bits per heavy atom. The zero-order chi connectivity index (χ0) is 14.1. The van der Waals surface area contributed by atoms with Crippen molar-refractivity contribution in [1.82, 2.24) is 9.97 Å². The normalized spacial score (nSPS) is 10.4. The Morgan fingerprint density at radius 1 is 1.15 bits per heavy atom. The maximum atomic E-state index is 8.78. The number of hydrogen-bond acceptors (Lipinski definition) is 3. The number of benzene rings is 2. The van der Waals surface area contributed by atoms with Crippen molar-refractivity contribution >= 4 is 22.7 Å². The quantitative estimate of drug-likeness (QED) is 0.738. The van der Waals surface area contributed by atoms with E-state index >= 15 is 0 Å². The van der Waals surface area contributed by atoms with E-state index < -0.39 is 0 Å². The van der Waals surface area contributed by atoms with Gasteiger partial charge in [-0.3, -0.25) is 0 Å². The molecule has 4 nitrogen and oxygen atoms in total. The van der Waals surface area contributed by atoms with Crippen molar-refractivity contribution in [3.8, 4) is 6.07 Å². The number of aryl methyl sites for hydroxylation is 2. The molecule has 4 heteroatoms. The molecule has 1 aromatic heterocycles. The molecular formula is C16H14N4. The van der Waals surface area contributed by atoms with Gasteiger partial charge in [-0.25, -0.2) is 4.98 Å². The molecule has 2 aromatic carbocycles. The Labute approximate surface area is 117 Å². The largest absolute Gasteiger partial charge is 0.326 e. The molecule has 0 atom stereocenters. The van der Waals surface area contributed by atoms with Crippen LogP contribution in [0.1, 0.15) is 16.7 Å². The van der Waals surface area contributed by atoms with Gasteiger partial charge >= 0.3 is 0 Å². The van der Waals surface area contributed by atoms with Gasteiger partial charge in [-0.2, -0.15) is 5.26 Å². The van der Waals surface area contributed by atoms with Crippen LogP contribution in [-0.2, 0) is 0 Å². The number of imidazole rings is 1. The molecule has 0 amide bonds. The third-order valence-electron chi connectivity index (χ3n) is 3.20. The van der Waals surface area contributed by atoms with Crippen LogP contribution in [-0.4, -0.2) is 9.97 Å². The molecule has 0 unspecified atom stereocenters. The molecule has 0 saturated heterocycles. The fourth-order valence-electron chi connectivity index (χ4n) is 2.30. The van der Waals surface area contributed by atoms with Crippen LogP contribution in [0.2, 0.25) is 0 Å². The molecule has 0 aliphatic rings. The van der Waals surface area contributed by atoms with E-state index in [1.165, 1.54) is 5.56 Å². The molecule has 0 spiro atoms. The van der Waals surface area contributed by atoms with E-state index in [-0.39, 0.29) is 0 Å². The van der Waals surface area contributed by atoms with E-state index in [4.69, 9.17) is 5.26 Å². The van der Waals surface area contributed by atoms with Crippen LogP contribution in [0.15, 0.2) is 36.4 Å². The van der Waals surface area contributed by atoms with Crippen LogP contribution >= 0.6 is 0 Å². The van der Waals surface area contributed by atoms with Gasteiger partial charge in [0, 0.05) is 5.69 Å². The summed E-state index contributed by atoms with van der Waals surface area (Å²) in [4.78, 5) is 7.83. The summed E-state index contributed by atoms with van der Waals surface area (Å²) in [5.41, 5.74) is 5.92. The van der Waals surface area contributed by atoms with Crippen LogP contribution in [0.4, 0.5) is 11.6 Å². The second-order valence-electron chi connectivity index (χ2n) is 4.88. The lowest BCUT2D eigenvalue weighted by Gasteiger charge is -2.01. The molecule has 0 aliphatic heterocycles. The van der Waals surface area contributed by atoms with Gasteiger partial charge in [0.2, 0.25) is 5.95 Å². The monoisotopic (exact) mass is 262 g/mol. The highest BCUT2D eigenvalue weighted by molar-refractivity contribution is 5.82. The number of H-pyrrole nitrogens is 1. The van der Waals surface area contributed by atoms with Crippen molar-refractivity contribution in [2.75, 3.05) is 5.32 Å². The number of nitrogens with zero attached hydrogens (tertiary/aromatic N) is 2. The zero-order valence-electron chi connectivity index (χ0n) is 11.4. The van der Waals surface area contributed by atoms with Gasteiger partial charge < -0.3 is 10.3 Å². The van der Waals surface area contributed by atoms with E-state index in [1.54, 1.807) is 12.1 Å². The first kappa shape index (κ1) is 12.2. The van der Waals surface area contributed by atoms with E-state index in [0.29, 0.717) is 11.5 Å². The molecular weight excluding hydrogens is 248 g/mol. The van der Waals surface area contributed by atoms with Crippen LogP contribution in [0.5, 0.6) is 0 Å². The first-order chi connectivity index (χ1) is 9.65. The number of hydrogen-bond donors (Lipinski definition) is 2. The smallest absolute Gasteiger partial charge is 0.205 e. The summed E-state index contributed by atoms with van der Waals surface area (Å²) in [6.45, 7) is 4.13. The Hall–Kier alpha value is -2.80. The van der Waals surface area contributed by atoms with Gasteiger partial charge in [-0.05, 0) is 55.3 Å². The lowest BCUT2D eigenvalue weighted by Crippen LogP contribution is -1.91. The van der Waals surface area contributed by atoms with Crippen molar-refractivity contribution in [1.29, 1.82) is 5.26 Å². The van der Waals surface area contributed by atoms with Gasteiger partial charge in [0.25, 0.3) is 0 Å². The summed E-state index contributed by atoms with van der Waals surface area (Å²) in [5, 5.41) is 12.0. The average Bonchev–Trinajstić information content (AvgIpc) is 2.82. The van der Waals surface area contributed by atoms with Crippen LogP contribution in [0, 0.1) is 25.2 Å². The fraction of sp³-hybridized carbons (Fsp3) is 0.125. The molecule has 98 valence electrons. The lowest BCUT2D eigenvalue weighted by molar-refractivity contribution is 1.30. The molecule has 3 rings (SSSR count). The fourth-order valence-corrected chi connectivity index (χ4v) is 2.30. The number of anilines is 2. The van der Waals surface area contributed by atoms with Gasteiger partial charge in [0.05, 0.1) is 22.7 Å². The predicted molar refractivity (Wildman–Crippen MR) is 80.0 cm³/mol. The van der Waals surface area contributed by atoms with E-state index in [0.717, 1.165) is 22.3 Å². The highest BCUT2D eigenvalue weighted by atomic mass is 15.1. The molecule has 0 radical (unpaired) electrons. The van der Waals surface area contributed by atoms with E-state index in [9.17, 15) is 0 Å². The van der Waals surface area contributed by atoms with Crippen molar-refractivity contribution in [2.24, 2.45) is 0 Å². The molecule has 0 fully saturated rings. The van der Waals surface area contributed by atoms with Crippen molar-refractivity contribution in [3.05, 3.63) is 53.1 Å². The Kier molecular flexibility index (Phi) is 2.88. The van der Waals surface area contributed by atoms with Crippen LogP contribution < -0.4 is 5.32 Å². The van der Waals surface area contributed by atoms with Crippen molar-refractivity contribution in [2.45, 2.75) is 13.8 Å². The van der Waals surface area contributed by atoms with Crippen LogP contribution in [0.3, 0.4) is 0 Å². The molecule has 0 saturated carbocycles. The van der Waals surface area contributed by atoms with Gasteiger partial charge in [-0.1, -0.05) is 6.07 Å². The predicted octanol–water partition coefficient (Wildman–Crippen LogP) is 3.80. The highest BCUT2D eigenvalue weighted by Crippen LogP contribution is 2.22. The first-order valence-corrected chi connectivity index (χ1v) is 6.40. The number of nitriles is 1. The minimum Gasteiger partial charge on any atom is -0.326 e. The van der Waals surface area contributed by atoms with Gasteiger partial charge in [0.15, 0.2) is 0 Å². The van der Waals surface area contributed by atoms with E-state index in [2.05, 4.69) is 47.3 Å². The number of aromatic amines is 1. The Morgan fingerprint density at radius 3 is 2.60 bits per heavy atom. The second kappa shape index (κ2) is 4.71. The third-order valence-corrected chi connectivity index (χ3v) is 3.20. The summed E-state index contributed by atoms with van der Waals surface area (Å²) in [7, 11) is 0. The zero-order valence-corrected chi connectivity index (χ0v) is 11.4. The Balaban J connectivity index is 1.94. The number of nitrogens with one attached hydrogen (secondary N) is 2. The van der Waals surface area contributed by atoms with Crippen molar-refractivity contribution in [3.63, 3.8) is 0 Å². The summed E-state index contributed by atoms with van der Waals surface area (Å²) in [6.07, 6.45) is 0. The number of rotatable bonds is 2. The van der Waals surface area contributed by atoms with Crippen molar-refractivity contribution < 1.29 is 0 Å². The first-order valence-electron chi connectivity index (χ1n) is 6.40. The molecule has 0 aliphatic carbocycles. The minimum absolute atomic E-state index is 0.645. The standard InChI is InChI=1S/C16H14N4/c1-10-7-11(2)15-14(8-10)19-16(20-15)18-13-5-3-12(9-17)4-6-13/h3-8H,1-2H3,(H2,18,19,20). The molecule has 3 aromatic rings. The second-order valence-corrected chi connectivity index (χ2v) is 4.88. The summed E-state index contributed by atoms with van der Waals surface area (Å²) in [5.74, 6) is 0.707. The third kappa shape index (κ3) is 2.21. The number of aromatic nitrogens is 2. The summed E-state index contributed by atoms with van der Waals surface area (Å²) < 4.78 is 0. The molecule has 2 N–H and O–H groups in total. The number of fused-ring (bicyclic) bond motifs is 1. The molecule has 0 bridgehead atoms. The lowest BCUT2D eigenvalue weighted by atomic mass is 10.1. The SMILES string of the molecule is Cc1cc(C)c2nc(Nc3ccc(C#N)cc3)[nH]c2c1. The van der Waals surface area contributed by atoms with E-state index in [1.807, 2.05) is 12.1 Å². The average molecular weight is 262 g/mol. The summed E-state index contributed by atoms with van der Waals surface area (Å²) in [6, 6.07) is 13.6. The highest BCUT2D eigenvalue weighted by Gasteiger charge is 2.06. The Bertz CT molecular complexity index is 807. The van der Waals surface area contributed by atoms with Gasteiger partial charge in [0.1, 0.15) is 0 Å². The molecule has 20 heavy (non-hydrogen) atoms. The maximum Gasteiger partial charge on any atom is 0.205 e.